The van der Waals surface area contributed by atoms with E-state index < -0.39 is 0 Å². The predicted octanol–water partition coefficient (Wildman–Crippen LogP) is 1.36. The minimum atomic E-state index is -0.218. The van der Waals surface area contributed by atoms with Crippen molar-refractivity contribution in [1.29, 1.82) is 0 Å². The van der Waals surface area contributed by atoms with E-state index in [9.17, 15) is 9.18 Å². The molecule has 1 heterocycles. The van der Waals surface area contributed by atoms with Gasteiger partial charge in [0.25, 0.3) is 0 Å². The van der Waals surface area contributed by atoms with E-state index in [1.807, 2.05) is 4.90 Å². The Kier molecular flexibility index (Phi) is 3.04. The second-order valence-electron chi connectivity index (χ2n) is 5.08. The molecule has 18 heavy (non-hydrogen) atoms. The van der Waals surface area contributed by atoms with E-state index in [4.69, 9.17) is 0 Å². The largest absolute Gasteiger partial charge is 0.340 e. The van der Waals surface area contributed by atoms with Crippen LogP contribution in [0, 0.1) is 11.7 Å². The average Bonchev–Trinajstić information content (AvgIpc) is 3.20. The fourth-order valence-corrected chi connectivity index (χ4v) is 2.67. The molecule has 1 saturated heterocycles. The predicted molar refractivity (Wildman–Crippen MR) is 66.7 cm³/mol. The normalized spacial score (nSPS) is 27.1. The highest BCUT2D eigenvalue weighted by molar-refractivity contribution is 5.83. The summed E-state index contributed by atoms with van der Waals surface area (Å²) >= 11 is 0. The zero-order valence-corrected chi connectivity index (χ0v) is 10.2. The zero-order valence-electron chi connectivity index (χ0n) is 10.2. The third-order valence-electron chi connectivity index (χ3n) is 3.83. The lowest BCUT2D eigenvalue weighted by atomic mass is 10.1. The number of hydrogen-bond acceptors (Lipinski definition) is 2. The smallest absolute Gasteiger partial charge is 0.226 e. The molecule has 3 rings (SSSR count). The van der Waals surface area contributed by atoms with E-state index in [0.717, 1.165) is 38.2 Å². The maximum absolute atomic E-state index is 12.8. The lowest BCUT2D eigenvalue weighted by molar-refractivity contribution is -0.133. The van der Waals surface area contributed by atoms with Gasteiger partial charge in [0.05, 0.1) is 0 Å². The van der Waals surface area contributed by atoms with Crippen LogP contribution in [0.1, 0.15) is 17.9 Å². The Morgan fingerprint density at radius 1 is 1.22 bits per heavy atom. The highest BCUT2D eigenvalue weighted by atomic mass is 19.1. The average molecular weight is 248 g/mol. The zero-order chi connectivity index (χ0) is 12.5. The Morgan fingerprint density at radius 3 is 2.56 bits per heavy atom. The summed E-state index contributed by atoms with van der Waals surface area (Å²) in [5.74, 6) is 0.469. The van der Waals surface area contributed by atoms with Gasteiger partial charge in [0, 0.05) is 32.1 Å². The Balaban J connectivity index is 1.63. The molecule has 1 aromatic carbocycles. The number of nitrogens with one attached hydrogen (secondary N) is 1. The van der Waals surface area contributed by atoms with Crippen molar-refractivity contribution < 1.29 is 9.18 Å². The number of halogens is 1. The molecule has 0 aromatic heterocycles. The summed E-state index contributed by atoms with van der Waals surface area (Å²) in [5.41, 5.74) is 1.09. The molecule has 1 N–H and O–H groups in total. The summed E-state index contributed by atoms with van der Waals surface area (Å²) in [7, 11) is 0. The SMILES string of the molecule is O=C([C@H]1C[C@H]1c1ccc(F)cc1)N1CCNCC1. The van der Waals surface area contributed by atoms with Crippen molar-refractivity contribution in [2.75, 3.05) is 26.2 Å². The van der Waals surface area contributed by atoms with Crippen molar-refractivity contribution in [2.24, 2.45) is 5.92 Å². The van der Waals surface area contributed by atoms with Gasteiger partial charge in [-0.25, -0.2) is 4.39 Å². The molecule has 1 aliphatic carbocycles. The monoisotopic (exact) mass is 248 g/mol. The van der Waals surface area contributed by atoms with Crippen LogP contribution in [-0.2, 0) is 4.79 Å². The number of benzene rings is 1. The number of nitrogens with zero attached hydrogens (tertiary/aromatic N) is 1. The van der Waals surface area contributed by atoms with Gasteiger partial charge in [-0.1, -0.05) is 12.1 Å². The second kappa shape index (κ2) is 4.69. The van der Waals surface area contributed by atoms with Gasteiger partial charge in [0.1, 0.15) is 5.82 Å². The van der Waals surface area contributed by atoms with Gasteiger partial charge < -0.3 is 10.2 Å². The van der Waals surface area contributed by atoms with Crippen molar-refractivity contribution in [3.8, 4) is 0 Å². The lowest BCUT2D eigenvalue weighted by Crippen LogP contribution is -2.47. The van der Waals surface area contributed by atoms with Crippen LogP contribution in [0.4, 0.5) is 4.39 Å². The van der Waals surface area contributed by atoms with Crippen molar-refractivity contribution in [1.82, 2.24) is 10.2 Å². The summed E-state index contributed by atoms with van der Waals surface area (Å²) in [5, 5.41) is 3.24. The third-order valence-corrected chi connectivity index (χ3v) is 3.83. The summed E-state index contributed by atoms with van der Waals surface area (Å²) in [4.78, 5) is 14.2. The fraction of sp³-hybridized carbons (Fsp3) is 0.500. The standard InChI is InChI=1S/C14H17FN2O/c15-11-3-1-10(2-4-11)12-9-13(12)14(18)17-7-5-16-6-8-17/h1-4,12-13,16H,5-9H2/t12-,13-/m0/s1. The van der Waals surface area contributed by atoms with E-state index in [1.165, 1.54) is 12.1 Å². The van der Waals surface area contributed by atoms with Crippen LogP contribution in [-0.4, -0.2) is 37.0 Å². The minimum absolute atomic E-state index is 0.119. The van der Waals surface area contributed by atoms with Gasteiger partial charge in [0.15, 0.2) is 0 Å². The molecule has 4 heteroatoms. The van der Waals surface area contributed by atoms with Gasteiger partial charge in [0.2, 0.25) is 5.91 Å². The van der Waals surface area contributed by atoms with E-state index in [0.29, 0.717) is 5.92 Å². The number of carbonyl (C=O) groups excluding carboxylic acids is 1. The molecule has 0 spiro atoms. The molecule has 1 aromatic rings. The molecule has 2 fully saturated rings. The molecule has 2 atom stereocenters. The molecule has 0 radical (unpaired) electrons. The number of amides is 1. The molecule has 2 aliphatic rings. The second-order valence-corrected chi connectivity index (χ2v) is 5.08. The van der Waals surface area contributed by atoms with Crippen LogP contribution in [0.15, 0.2) is 24.3 Å². The summed E-state index contributed by atoms with van der Waals surface area (Å²) in [6.45, 7) is 3.40. The van der Waals surface area contributed by atoms with E-state index in [-0.39, 0.29) is 17.6 Å². The van der Waals surface area contributed by atoms with E-state index in [2.05, 4.69) is 5.32 Å². The molecule has 96 valence electrons. The third kappa shape index (κ3) is 2.25. The maximum atomic E-state index is 12.8. The first-order chi connectivity index (χ1) is 8.75. The minimum Gasteiger partial charge on any atom is -0.340 e. The van der Waals surface area contributed by atoms with Crippen molar-refractivity contribution >= 4 is 5.91 Å². The summed E-state index contributed by atoms with van der Waals surface area (Å²) in [6, 6.07) is 6.54. The number of carbonyl (C=O) groups is 1. The quantitative estimate of drug-likeness (QED) is 0.857. The molecular weight excluding hydrogens is 231 g/mol. The molecule has 1 saturated carbocycles. The Labute approximate surface area is 106 Å². The highest BCUT2D eigenvalue weighted by Gasteiger charge is 2.45. The topological polar surface area (TPSA) is 32.3 Å². The number of piperazine rings is 1. The molecule has 1 aliphatic heterocycles. The fourth-order valence-electron chi connectivity index (χ4n) is 2.67. The van der Waals surface area contributed by atoms with Crippen LogP contribution >= 0.6 is 0 Å². The van der Waals surface area contributed by atoms with Crippen LogP contribution < -0.4 is 5.32 Å². The molecular formula is C14H17FN2O. The first-order valence-electron chi connectivity index (χ1n) is 6.50. The van der Waals surface area contributed by atoms with Crippen LogP contribution in [0.25, 0.3) is 0 Å². The lowest BCUT2D eigenvalue weighted by Gasteiger charge is -2.27. The van der Waals surface area contributed by atoms with E-state index >= 15 is 0 Å². The van der Waals surface area contributed by atoms with Gasteiger partial charge in [-0.3, -0.25) is 4.79 Å². The maximum Gasteiger partial charge on any atom is 0.226 e. The highest BCUT2D eigenvalue weighted by Crippen LogP contribution is 2.48. The first-order valence-corrected chi connectivity index (χ1v) is 6.50. The van der Waals surface area contributed by atoms with Crippen molar-refractivity contribution in [3.63, 3.8) is 0 Å². The molecule has 0 bridgehead atoms. The van der Waals surface area contributed by atoms with Crippen LogP contribution in [0.5, 0.6) is 0 Å². The molecule has 1 amide bonds. The van der Waals surface area contributed by atoms with Crippen molar-refractivity contribution in [2.45, 2.75) is 12.3 Å². The first kappa shape index (κ1) is 11.7. The van der Waals surface area contributed by atoms with E-state index in [1.54, 1.807) is 12.1 Å². The van der Waals surface area contributed by atoms with Gasteiger partial charge in [-0.2, -0.15) is 0 Å². The van der Waals surface area contributed by atoms with Crippen LogP contribution in [0.3, 0.4) is 0 Å². The summed E-state index contributed by atoms with van der Waals surface area (Å²) in [6.07, 6.45) is 0.911. The molecule has 0 unspecified atom stereocenters. The Hall–Kier alpha value is -1.42. The number of hydrogen-bond donors (Lipinski definition) is 1. The molecule has 3 nitrogen and oxygen atoms in total. The van der Waals surface area contributed by atoms with Crippen molar-refractivity contribution in [3.05, 3.63) is 35.6 Å². The Morgan fingerprint density at radius 2 is 1.89 bits per heavy atom. The van der Waals surface area contributed by atoms with Gasteiger partial charge >= 0.3 is 0 Å². The van der Waals surface area contributed by atoms with Gasteiger partial charge in [-0.05, 0) is 30.0 Å². The Bertz CT molecular complexity index is 440. The summed E-state index contributed by atoms with van der Waals surface area (Å²) < 4.78 is 12.8. The van der Waals surface area contributed by atoms with Crippen LogP contribution in [0.2, 0.25) is 0 Å². The van der Waals surface area contributed by atoms with Gasteiger partial charge in [-0.15, -0.1) is 0 Å². The number of rotatable bonds is 2.